The standard InChI is InChI=1S/C17H19ClN2O5S/c1-11(10-21)20-26(23,24)12-7-8-16(25-2)13(9-12)17(22)19-15-6-4-3-5-14(15)18/h3-9,11,20-21H,10H2,1-2H3,(H,19,22)/t11-/m0/s1. The van der Waals surface area contributed by atoms with E-state index < -0.39 is 22.0 Å². The van der Waals surface area contributed by atoms with Crippen LogP contribution in [-0.2, 0) is 10.0 Å². The van der Waals surface area contributed by atoms with Crippen molar-refractivity contribution < 1.29 is 23.1 Å². The second-order valence-corrected chi connectivity index (χ2v) is 7.62. The number of methoxy groups -OCH3 is 1. The second-order valence-electron chi connectivity index (χ2n) is 5.50. The van der Waals surface area contributed by atoms with E-state index in [1.54, 1.807) is 24.3 Å². The molecule has 2 aromatic rings. The number of carbonyl (C=O) groups excluding carboxylic acids is 1. The fraction of sp³-hybridized carbons (Fsp3) is 0.235. The Bertz CT molecular complexity index is 902. The molecule has 3 N–H and O–H groups in total. The Labute approximate surface area is 157 Å². The van der Waals surface area contributed by atoms with Crippen molar-refractivity contribution in [2.45, 2.75) is 17.9 Å². The number of amides is 1. The summed E-state index contributed by atoms with van der Waals surface area (Å²) in [6, 6.07) is 9.92. The molecule has 2 rings (SSSR count). The number of rotatable bonds is 7. The first-order valence-corrected chi connectivity index (χ1v) is 9.51. The lowest BCUT2D eigenvalue weighted by molar-refractivity contribution is 0.102. The van der Waals surface area contributed by atoms with Gasteiger partial charge in [0, 0.05) is 6.04 Å². The first-order chi connectivity index (χ1) is 12.3. The number of sulfonamides is 1. The number of carbonyl (C=O) groups is 1. The smallest absolute Gasteiger partial charge is 0.259 e. The van der Waals surface area contributed by atoms with E-state index in [4.69, 9.17) is 21.4 Å². The van der Waals surface area contributed by atoms with Crippen molar-refractivity contribution in [2.24, 2.45) is 0 Å². The molecule has 7 nitrogen and oxygen atoms in total. The lowest BCUT2D eigenvalue weighted by Gasteiger charge is -2.14. The van der Waals surface area contributed by atoms with Crippen LogP contribution < -0.4 is 14.8 Å². The van der Waals surface area contributed by atoms with Gasteiger partial charge in [-0.05, 0) is 37.3 Å². The quantitative estimate of drug-likeness (QED) is 0.663. The fourth-order valence-electron chi connectivity index (χ4n) is 2.15. The van der Waals surface area contributed by atoms with Crippen molar-refractivity contribution in [3.8, 4) is 5.75 Å². The highest BCUT2D eigenvalue weighted by atomic mass is 35.5. The van der Waals surface area contributed by atoms with Gasteiger partial charge in [0.15, 0.2) is 0 Å². The van der Waals surface area contributed by atoms with E-state index in [1.165, 1.54) is 32.2 Å². The number of ether oxygens (including phenoxy) is 1. The van der Waals surface area contributed by atoms with Gasteiger partial charge in [-0.3, -0.25) is 4.79 Å². The summed E-state index contributed by atoms with van der Waals surface area (Å²) in [5, 5.41) is 12.0. The van der Waals surface area contributed by atoms with E-state index in [2.05, 4.69) is 10.0 Å². The lowest BCUT2D eigenvalue weighted by Crippen LogP contribution is -2.35. The van der Waals surface area contributed by atoms with Crippen LogP contribution in [0, 0.1) is 0 Å². The molecule has 1 atom stereocenters. The van der Waals surface area contributed by atoms with E-state index in [0.717, 1.165) is 0 Å². The van der Waals surface area contributed by atoms with E-state index in [9.17, 15) is 13.2 Å². The van der Waals surface area contributed by atoms with Crippen LogP contribution in [0.2, 0.25) is 5.02 Å². The third-order valence-corrected chi connectivity index (χ3v) is 5.39. The molecule has 0 aromatic heterocycles. The van der Waals surface area contributed by atoms with Crippen LogP contribution in [0.4, 0.5) is 5.69 Å². The summed E-state index contributed by atoms with van der Waals surface area (Å²) in [5.74, 6) is -0.356. The molecule has 0 saturated heterocycles. The minimum absolute atomic E-state index is 0.0342. The molecule has 0 aliphatic carbocycles. The summed E-state index contributed by atoms with van der Waals surface area (Å²) < 4.78 is 32.2. The predicted octanol–water partition coefficient (Wildman–Crippen LogP) is 2.26. The maximum absolute atomic E-state index is 12.6. The Morgan fingerprint density at radius 1 is 1.27 bits per heavy atom. The third-order valence-electron chi connectivity index (χ3n) is 3.48. The van der Waals surface area contributed by atoms with E-state index in [1.807, 2.05) is 0 Å². The number of para-hydroxylation sites is 1. The molecule has 0 spiro atoms. The van der Waals surface area contributed by atoms with E-state index in [0.29, 0.717) is 10.7 Å². The topological polar surface area (TPSA) is 105 Å². The van der Waals surface area contributed by atoms with Gasteiger partial charge in [0.2, 0.25) is 10.0 Å². The highest BCUT2D eigenvalue weighted by Gasteiger charge is 2.21. The van der Waals surface area contributed by atoms with Gasteiger partial charge in [0.1, 0.15) is 5.75 Å². The van der Waals surface area contributed by atoms with Gasteiger partial charge in [-0.2, -0.15) is 0 Å². The molecule has 0 bridgehead atoms. The molecule has 0 radical (unpaired) electrons. The summed E-state index contributed by atoms with van der Waals surface area (Å²) in [6.45, 7) is 1.17. The molecule has 26 heavy (non-hydrogen) atoms. The molecule has 140 valence electrons. The van der Waals surface area contributed by atoms with Crippen molar-refractivity contribution in [1.82, 2.24) is 4.72 Å². The van der Waals surface area contributed by atoms with Gasteiger partial charge in [0.25, 0.3) is 5.91 Å². The van der Waals surface area contributed by atoms with Crippen LogP contribution in [0.1, 0.15) is 17.3 Å². The molecule has 0 fully saturated rings. The summed E-state index contributed by atoms with van der Waals surface area (Å²) in [6.07, 6.45) is 0. The average molecular weight is 399 g/mol. The predicted molar refractivity (Wildman–Crippen MR) is 99.3 cm³/mol. The van der Waals surface area contributed by atoms with Crippen LogP contribution in [0.15, 0.2) is 47.4 Å². The summed E-state index contributed by atoms with van der Waals surface area (Å²) in [5.41, 5.74) is 0.424. The van der Waals surface area contributed by atoms with Gasteiger partial charge in [-0.25, -0.2) is 13.1 Å². The number of aliphatic hydroxyl groups is 1. The first kappa shape index (κ1) is 20.2. The maximum Gasteiger partial charge on any atom is 0.259 e. The molecule has 0 saturated carbocycles. The Morgan fingerprint density at radius 2 is 1.96 bits per heavy atom. The first-order valence-electron chi connectivity index (χ1n) is 7.65. The van der Waals surface area contributed by atoms with Crippen LogP contribution in [0.5, 0.6) is 5.75 Å². The largest absolute Gasteiger partial charge is 0.496 e. The Morgan fingerprint density at radius 3 is 2.58 bits per heavy atom. The minimum atomic E-state index is -3.91. The number of hydrogen-bond acceptors (Lipinski definition) is 5. The Hall–Kier alpha value is -2.13. The normalized spacial score (nSPS) is 12.5. The SMILES string of the molecule is COc1ccc(S(=O)(=O)N[C@@H](C)CO)cc1C(=O)Nc1ccccc1Cl. The van der Waals surface area contributed by atoms with Crippen molar-refractivity contribution in [1.29, 1.82) is 0 Å². The van der Waals surface area contributed by atoms with Crippen LogP contribution in [0.3, 0.4) is 0 Å². The minimum Gasteiger partial charge on any atom is -0.496 e. The fourth-order valence-corrected chi connectivity index (χ4v) is 3.60. The zero-order chi connectivity index (χ0) is 19.3. The molecular formula is C17H19ClN2O5S. The number of aliphatic hydroxyl groups excluding tert-OH is 1. The van der Waals surface area contributed by atoms with Crippen molar-refractivity contribution >= 4 is 33.2 Å². The van der Waals surface area contributed by atoms with Crippen LogP contribution in [-0.4, -0.2) is 39.2 Å². The average Bonchev–Trinajstić information content (AvgIpc) is 2.62. The van der Waals surface area contributed by atoms with Gasteiger partial charge in [0.05, 0.1) is 34.9 Å². The zero-order valence-electron chi connectivity index (χ0n) is 14.2. The summed E-state index contributed by atoms with van der Waals surface area (Å²) in [4.78, 5) is 12.5. The molecule has 0 unspecified atom stereocenters. The number of benzene rings is 2. The molecule has 1 amide bonds. The van der Waals surface area contributed by atoms with E-state index >= 15 is 0 Å². The highest BCUT2D eigenvalue weighted by Crippen LogP contribution is 2.26. The van der Waals surface area contributed by atoms with Crippen molar-refractivity contribution in [3.63, 3.8) is 0 Å². The molecular weight excluding hydrogens is 380 g/mol. The van der Waals surface area contributed by atoms with Gasteiger partial charge < -0.3 is 15.2 Å². The highest BCUT2D eigenvalue weighted by molar-refractivity contribution is 7.89. The number of halogens is 1. The molecule has 0 heterocycles. The number of nitrogens with one attached hydrogen (secondary N) is 2. The maximum atomic E-state index is 12.6. The second kappa shape index (κ2) is 8.50. The van der Waals surface area contributed by atoms with Gasteiger partial charge in [-0.15, -0.1) is 0 Å². The lowest BCUT2D eigenvalue weighted by atomic mass is 10.2. The van der Waals surface area contributed by atoms with E-state index in [-0.39, 0.29) is 22.8 Å². The van der Waals surface area contributed by atoms with Crippen LogP contribution in [0.25, 0.3) is 0 Å². The van der Waals surface area contributed by atoms with Crippen molar-refractivity contribution in [2.75, 3.05) is 19.0 Å². The summed E-state index contributed by atoms with van der Waals surface area (Å²) in [7, 11) is -2.53. The van der Waals surface area contributed by atoms with Crippen LogP contribution >= 0.6 is 11.6 Å². The zero-order valence-corrected chi connectivity index (χ0v) is 15.8. The molecule has 0 aliphatic heterocycles. The summed E-state index contributed by atoms with van der Waals surface area (Å²) >= 11 is 6.03. The number of anilines is 1. The monoisotopic (exact) mass is 398 g/mol. The Balaban J connectivity index is 2.38. The third kappa shape index (κ3) is 4.73. The number of hydrogen-bond donors (Lipinski definition) is 3. The Kier molecular flexibility index (Phi) is 6.60. The van der Waals surface area contributed by atoms with Gasteiger partial charge in [-0.1, -0.05) is 23.7 Å². The molecule has 9 heteroatoms. The van der Waals surface area contributed by atoms with Crippen molar-refractivity contribution in [3.05, 3.63) is 53.1 Å². The molecule has 0 aliphatic rings. The van der Waals surface area contributed by atoms with Gasteiger partial charge >= 0.3 is 0 Å². The molecule has 2 aromatic carbocycles.